The van der Waals surface area contributed by atoms with E-state index in [9.17, 15) is 15.8 Å². The number of fused-ring (bicyclic) bond motifs is 1. The maximum absolute atomic E-state index is 10.2. The van der Waals surface area contributed by atoms with Crippen LogP contribution in [0.5, 0.6) is 0 Å². The van der Waals surface area contributed by atoms with Gasteiger partial charge in [0.05, 0.1) is 43.6 Å². The highest BCUT2D eigenvalue weighted by Crippen LogP contribution is 2.52. The van der Waals surface area contributed by atoms with Gasteiger partial charge in [-0.1, -0.05) is 52.0 Å². The van der Waals surface area contributed by atoms with Crippen LogP contribution >= 0.6 is 0 Å². The number of nitriles is 3. The second kappa shape index (κ2) is 8.06. The number of rotatable bonds is 3. The lowest BCUT2D eigenvalue weighted by Gasteiger charge is -2.46. The molecule has 1 aromatic carbocycles. The summed E-state index contributed by atoms with van der Waals surface area (Å²) in [6, 6.07) is 14.7. The summed E-state index contributed by atoms with van der Waals surface area (Å²) in [6.07, 6.45) is 3.14. The first-order valence-electron chi connectivity index (χ1n) is 10.7. The topological polar surface area (TPSA) is 99.7 Å². The molecule has 0 bridgehead atoms. The van der Waals surface area contributed by atoms with Crippen molar-refractivity contribution in [3.05, 3.63) is 47.0 Å². The van der Waals surface area contributed by atoms with Gasteiger partial charge in [0.2, 0.25) is 0 Å². The molecule has 1 heterocycles. The van der Waals surface area contributed by atoms with Gasteiger partial charge in [0.1, 0.15) is 5.92 Å². The predicted octanol–water partition coefficient (Wildman–Crippen LogP) is 3.13. The highest BCUT2D eigenvalue weighted by atomic mass is 15.1. The van der Waals surface area contributed by atoms with Crippen LogP contribution in [0.3, 0.4) is 0 Å². The van der Waals surface area contributed by atoms with Crippen molar-refractivity contribution in [2.24, 2.45) is 17.3 Å². The normalized spacial score (nSPS) is 27.8. The van der Waals surface area contributed by atoms with Crippen LogP contribution in [-0.4, -0.2) is 25.3 Å². The van der Waals surface area contributed by atoms with Gasteiger partial charge in [-0.3, -0.25) is 0 Å². The number of hydrogen-bond acceptors (Lipinski definition) is 4. The van der Waals surface area contributed by atoms with Crippen molar-refractivity contribution in [3.63, 3.8) is 0 Å². The van der Waals surface area contributed by atoms with E-state index in [2.05, 4.69) is 64.1 Å². The average molecular weight is 401 g/mol. The second-order valence-corrected chi connectivity index (χ2v) is 9.58. The smallest absolute Gasteiger partial charge is 0.189 e. The van der Waals surface area contributed by atoms with Crippen molar-refractivity contribution in [1.29, 1.82) is 21.2 Å². The Kier molecular flexibility index (Phi) is 5.85. The molecule has 2 N–H and O–H groups in total. The number of nitrogens with one attached hydrogen (secondary N) is 2. The Labute approximate surface area is 179 Å². The Morgan fingerprint density at radius 2 is 1.77 bits per heavy atom. The fraction of sp³-hybridized carbons (Fsp3) is 0.520. The summed E-state index contributed by atoms with van der Waals surface area (Å²) in [5.74, 6) is -1.33. The van der Waals surface area contributed by atoms with E-state index >= 15 is 0 Å². The Bertz CT molecular complexity index is 961. The van der Waals surface area contributed by atoms with Crippen LogP contribution in [0.2, 0.25) is 0 Å². The molecule has 5 nitrogen and oxygen atoms in total. The van der Waals surface area contributed by atoms with Gasteiger partial charge in [-0.25, -0.2) is 0 Å². The SMILES string of the molecule is CCC[NH+]1CC=C2C(C#N)C(=N)C(C#N)(C#N)[C@H](c3ccc(C(C)(C)C)cc3)[C@H]2C1. The third-order valence-electron chi connectivity index (χ3n) is 6.70. The average Bonchev–Trinajstić information content (AvgIpc) is 2.73. The molecule has 0 aromatic heterocycles. The van der Waals surface area contributed by atoms with E-state index in [1.165, 1.54) is 10.5 Å². The largest absolute Gasteiger partial charge is 0.331 e. The molecule has 5 heteroatoms. The first-order valence-corrected chi connectivity index (χ1v) is 10.7. The van der Waals surface area contributed by atoms with Crippen LogP contribution in [0.25, 0.3) is 0 Å². The zero-order valence-electron chi connectivity index (χ0n) is 18.3. The lowest BCUT2D eigenvalue weighted by atomic mass is 9.54. The zero-order valence-corrected chi connectivity index (χ0v) is 18.3. The van der Waals surface area contributed by atoms with Crippen molar-refractivity contribution in [3.8, 4) is 18.2 Å². The van der Waals surface area contributed by atoms with Crippen molar-refractivity contribution < 1.29 is 4.90 Å². The molecule has 1 aliphatic carbocycles. The van der Waals surface area contributed by atoms with Crippen LogP contribution in [0.15, 0.2) is 35.9 Å². The van der Waals surface area contributed by atoms with Gasteiger partial charge in [0, 0.05) is 11.8 Å². The molecule has 0 spiro atoms. The summed E-state index contributed by atoms with van der Waals surface area (Å²) in [7, 11) is 0. The summed E-state index contributed by atoms with van der Waals surface area (Å²) >= 11 is 0. The highest BCUT2D eigenvalue weighted by molar-refractivity contribution is 6.00. The van der Waals surface area contributed by atoms with Crippen LogP contribution < -0.4 is 4.90 Å². The maximum Gasteiger partial charge on any atom is 0.189 e. The molecular weight excluding hydrogens is 370 g/mol. The van der Waals surface area contributed by atoms with E-state index < -0.39 is 17.3 Å². The maximum atomic E-state index is 10.2. The molecule has 154 valence electrons. The molecule has 2 unspecified atom stereocenters. The zero-order chi connectivity index (χ0) is 22.1. The first kappa shape index (κ1) is 21.8. The highest BCUT2D eigenvalue weighted by Gasteiger charge is 2.58. The first-order chi connectivity index (χ1) is 14.2. The molecule has 1 saturated carbocycles. The minimum atomic E-state index is -1.62. The minimum Gasteiger partial charge on any atom is -0.331 e. The van der Waals surface area contributed by atoms with E-state index in [1.807, 2.05) is 12.1 Å². The van der Waals surface area contributed by atoms with Crippen LogP contribution in [0.4, 0.5) is 0 Å². The van der Waals surface area contributed by atoms with Gasteiger partial charge in [-0.15, -0.1) is 0 Å². The van der Waals surface area contributed by atoms with Crippen molar-refractivity contribution in [1.82, 2.24) is 0 Å². The van der Waals surface area contributed by atoms with Crippen LogP contribution in [-0.2, 0) is 5.41 Å². The van der Waals surface area contributed by atoms with E-state index in [-0.39, 0.29) is 17.0 Å². The number of nitrogens with zero attached hydrogens (tertiary/aromatic N) is 3. The number of benzene rings is 1. The molecule has 1 fully saturated rings. The van der Waals surface area contributed by atoms with E-state index in [4.69, 9.17) is 5.41 Å². The quantitative estimate of drug-likeness (QED) is 0.762. The fourth-order valence-electron chi connectivity index (χ4n) is 5.09. The Hall–Kier alpha value is -2.94. The van der Waals surface area contributed by atoms with Gasteiger partial charge in [-0.05, 0) is 34.6 Å². The predicted molar refractivity (Wildman–Crippen MR) is 116 cm³/mol. The minimum absolute atomic E-state index is 0.00320. The molecule has 30 heavy (non-hydrogen) atoms. The van der Waals surface area contributed by atoms with Crippen molar-refractivity contribution in [2.45, 2.75) is 45.4 Å². The molecular formula is C25H30N5+. The Morgan fingerprint density at radius 1 is 1.13 bits per heavy atom. The standard InChI is InChI=1S/C25H29N5/c1-5-11-30-12-10-19-20(13-26)23(29)25(15-27,16-28)22(21(19)14-30)17-6-8-18(9-7-17)24(2,3)4/h6-10,20-22,29H,5,11-12,14H2,1-4H3/p+1/t20?,21-,22+/m0/s1. The van der Waals surface area contributed by atoms with E-state index in [0.717, 1.165) is 37.2 Å². The van der Waals surface area contributed by atoms with Gasteiger partial charge < -0.3 is 10.3 Å². The summed E-state index contributed by atoms with van der Waals surface area (Å²) in [5.41, 5.74) is 1.32. The summed E-state index contributed by atoms with van der Waals surface area (Å²) in [6.45, 7) is 11.2. The molecule has 1 aromatic rings. The van der Waals surface area contributed by atoms with E-state index in [1.54, 1.807) is 0 Å². The van der Waals surface area contributed by atoms with Gasteiger partial charge in [-0.2, -0.15) is 15.8 Å². The summed E-state index contributed by atoms with van der Waals surface area (Å²) in [4.78, 5) is 1.40. The third kappa shape index (κ3) is 3.43. The van der Waals surface area contributed by atoms with Gasteiger partial charge in [0.25, 0.3) is 0 Å². The van der Waals surface area contributed by atoms with E-state index in [0.29, 0.717) is 0 Å². The monoisotopic (exact) mass is 400 g/mol. The van der Waals surface area contributed by atoms with Crippen molar-refractivity contribution in [2.75, 3.05) is 19.6 Å². The number of quaternary nitrogens is 1. The summed E-state index contributed by atoms with van der Waals surface area (Å²) < 4.78 is 0. The molecule has 0 radical (unpaired) electrons. The molecule has 3 rings (SSSR count). The lowest BCUT2D eigenvalue weighted by molar-refractivity contribution is -0.899. The lowest BCUT2D eigenvalue weighted by Crippen LogP contribution is -3.13. The molecule has 4 atom stereocenters. The third-order valence-corrected chi connectivity index (χ3v) is 6.70. The van der Waals surface area contributed by atoms with Crippen LogP contribution in [0, 0.1) is 56.7 Å². The molecule has 1 aliphatic heterocycles. The number of hydrogen-bond donors (Lipinski definition) is 2. The molecule has 0 saturated heterocycles. The van der Waals surface area contributed by atoms with Crippen molar-refractivity contribution >= 4 is 5.71 Å². The molecule has 0 amide bonds. The summed E-state index contributed by atoms with van der Waals surface area (Å²) in [5, 5.41) is 38.8. The second-order valence-electron chi connectivity index (χ2n) is 9.58. The fourth-order valence-corrected chi connectivity index (χ4v) is 5.09. The van der Waals surface area contributed by atoms with Crippen LogP contribution in [0.1, 0.15) is 51.2 Å². The molecule has 2 aliphatic rings. The van der Waals surface area contributed by atoms with Gasteiger partial charge >= 0.3 is 0 Å². The Balaban J connectivity index is 2.18. The van der Waals surface area contributed by atoms with Gasteiger partial charge in [0.15, 0.2) is 5.41 Å². The Morgan fingerprint density at radius 3 is 2.27 bits per heavy atom.